The molecule has 2 rings (SSSR count). The van der Waals surface area contributed by atoms with Crippen molar-refractivity contribution in [2.24, 2.45) is 17.2 Å². The van der Waals surface area contributed by atoms with Crippen molar-refractivity contribution in [2.45, 2.75) is 51.3 Å². The summed E-state index contributed by atoms with van der Waals surface area (Å²) in [4.78, 5) is 8.64. The van der Waals surface area contributed by atoms with E-state index in [0.717, 1.165) is 12.8 Å². The number of ether oxygens (including phenoxy) is 1. The molecule has 20 heavy (non-hydrogen) atoms. The average Bonchev–Trinajstić information content (AvgIpc) is 2.35. The van der Waals surface area contributed by atoms with Crippen LogP contribution in [0, 0.1) is 11.3 Å². The highest BCUT2D eigenvalue weighted by Crippen LogP contribution is 2.40. The molecular formula is C14H24N4OS. The SMILES string of the molecule is CSc1nc(NN)cc(OC2CC(C)CC(C)(C)C2)n1. The molecule has 0 spiro atoms. The molecule has 0 aliphatic heterocycles. The van der Waals surface area contributed by atoms with Crippen molar-refractivity contribution in [3.63, 3.8) is 0 Å². The van der Waals surface area contributed by atoms with Crippen LogP contribution < -0.4 is 16.0 Å². The minimum Gasteiger partial charge on any atom is -0.474 e. The molecule has 0 bridgehead atoms. The molecule has 1 aromatic heterocycles. The van der Waals surface area contributed by atoms with Crippen LogP contribution in [0.3, 0.4) is 0 Å². The third kappa shape index (κ3) is 3.99. The van der Waals surface area contributed by atoms with Crippen LogP contribution in [0.5, 0.6) is 5.88 Å². The molecular weight excluding hydrogens is 272 g/mol. The molecule has 1 aliphatic rings. The maximum absolute atomic E-state index is 6.09. The van der Waals surface area contributed by atoms with Gasteiger partial charge in [-0.3, -0.25) is 0 Å². The predicted octanol–water partition coefficient (Wildman–Crippen LogP) is 3.08. The van der Waals surface area contributed by atoms with E-state index >= 15 is 0 Å². The average molecular weight is 296 g/mol. The fraction of sp³-hybridized carbons (Fsp3) is 0.714. The van der Waals surface area contributed by atoms with Gasteiger partial charge in [-0.1, -0.05) is 32.5 Å². The van der Waals surface area contributed by atoms with E-state index in [0.29, 0.717) is 28.2 Å². The lowest BCUT2D eigenvalue weighted by atomic mass is 9.71. The van der Waals surface area contributed by atoms with Crippen LogP contribution in [-0.4, -0.2) is 22.3 Å². The van der Waals surface area contributed by atoms with Crippen molar-refractivity contribution in [1.29, 1.82) is 0 Å². The predicted molar refractivity (Wildman–Crippen MR) is 82.8 cm³/mol. The first-order chi connectivity index (χ1) is 9.41. The van der Waals surface area contributed by atoms with Crippen LogP contribution in [0.1, 0.15) is 40.0 Å². The molecule has 0 radical (unpaired) electrons. The van der Waals surface area contributed by atoms with Crippen LogP contribution in [0.2, 0.25) is 0 Å². The summed E-state index contributed by atoms with van der Waals surface area (Å²) in [5.41, 5.74) is 2.89. The lowest BCUT2D eigenvalue weighted by Crippen LogP contribution is -2.34. The van der Waals surface area contributed by atoms with Crippen LogP contribution >= 0.6 is 11.8 Å². The molecule has 0 saturated heterocycles. The third-order valence-electron chi connectivity index (χ3n) is 3.65. The van der Waals surface area contributed by atoms with E-state index < -0.39 is 0 Å². The minimum absolute atomic E-state index is 0.212. The molecule has 0 amide bonds. The van der Waals surface area contributed by atoms with Gasteiger partial charge in [0.2, 0.25) is 5.88 Å². The van der Waals surface area contributed by atoms with Crippen molar-refractivity contribution >= 4 is 17.6 Å². The van der Waals surface area contributed by atoms with Crippen LogP contribution in [-0.2, 0) is 0 Å². The molecule has 3 N–H and O–H groups in total. The molecule has 2 atom stereocenters. The Morgan fingerprint density at radius 3 is 2.75 bits per heavy atom. The molecule has 1 saturated carbocycles. The van der Waals surface area contributed by atoms with Gasteiger partial charge in [-0.2, -0.15) is 4.98 Å². The number of nitrogen functional groups attached to an aromatic ring is 1. The Hall–Kier alpha value is -1.01. The molecule has 112 valence electrons. The molecule has 6 heteroatoms. The zero-order valence-corrected chi connectivity index (χ0v) is 13.5. The van der Waals surface area contributed by atoms with Gasteiger partial charge in [0.15, 0.2) is 5.16 Å². The van der Waals surface area contributed by atoms with Crippen molar-refractivity contribution in [3.05, 3.63) is 6.07 Å². The monoisotopic (exact) mass is 296 g/mol. The van der Waals surface area contributed by atoms with E-state index in [1.54, 1.807) is 6.07 Å². The number of rotatable bonds is 4. The summed E-state index contributed by atoms with van der Waals surface area (Å²) >= 11 is 1.48. The van der Waals surface area contributed by atoms with Gasteiger partial charge in [-0.05, 0) is 36.9 Å². The fourth-order valence-corrected chi connectivity index (χ4v) is 3.52. The van der Waals surface area contributed by atoms with Crippen LogP contribution in [0.15, 0.2) is 11.2 Å². The van der Waals surface area contributed by atoms with Crippen molar-refractivity contribution in [1.82, 2.24) is 9.97 Å². The van der Waals surface area contributed by atoms with E-state index in [1.807, 2.05) is 6.26 Å². The van der Waals surface area contributed by atoms with E-state index in [-0.39, 0.29) is 6.10 Å². The normalized spacial score (nSPS) is 25.2. The summed E-state index contributed by atoms with van der Waals surface area (Å²) in [6.45, 7) is 6.90. The quantitative estimate of drug-likeness (QED) is 0.385. The molecule has 1 aliphatic carbocycles. The van der Waals surface area contributed by atoms with Gasteiger partial charge in [0, 0.05) is 6.07 Å². The Morgan fingerprint density at radius 2 is 2.15 bits per heavy atom. The number of hydrazine groups is 1. The first kappa shape index (κ1) is 15.4. The second kappa shape index (κ2) is 6.18. The summed E-state index contributed by atoms with van der Waals surface area (Å²) < 4.78 is 6.09. The number of anilines is 1. The Kier molecular flexibility index (Phi) is 4.75. The highest BCUT2D eigenvalue weighted by molar-refractivity contribution is 7.98. The van der Waals surface area contributed by atoms with Gasteiger partial charge in [-0.25, -0.2) is 10.8 Å². The maximum atomic E-state index is 6.09. The van der Waals surface area contributed by atoms with Gasteiger partial charge in [0.25, 0.3) is 0 Å². The van der Waals surface area contributed by atoms with Gasteiger partial charge in [0.1, 0.15) is 11.9 Å². The topological polar surface area (TPSA) is 73.1 Å². The fourth-order valence-electron chi connectivity index (χ4n) is 3.15. The number of hydrogen-bond acceptors (Lipinski definition) is 6. The highest BCUT2D eigenvalue weighted by Gasteiger charge is 2.33. The molecule has 2 unspecified atom stereocenters. The van der Waals surface area contributed by atoms with Crippen LogP contribution in [0.25, 0.3) is 0 Å². The summed E-state index contributed by atoms with van der Waals surface area (Å²) in [7, 11) is 0. The molecule has 1 aromatic rings. The largest absolute Gasteiger partial charge is 0.474 e. The van der Waals surface area contributed by atoms with Crippen LogP contribution in [0.4, 0.5) is 5.82 Å². The number of nitrogens with two attached hydrogens (primary N) is 1. The van der Waals surface area contributed by atoms with Gasteiger partial charge < -0.3 is 10.2 Å². The van der Waals surface area contributed by atoms with Gasteiger partial charge in [0.05, 0.1) is 0 Å². The van der Waals surface area contributed by atoms with Gasteiger partial charge >= 0.3 is 0 Å². The first-order valence-corrected chi connectivity index (χ1v) is 8.20. The smallest absolute Gasteiger partial charge is 0.219 e. The third-order valence-corrected chi connectivity index (χ3v) is 4.19. The van der Waals surface area contributed by atoms with E-state index in [9.17, 15) is 0 Å². The number of hydrogen-bond donors (Lipinski definition) is 2. The number of thioether (sulfide) groups is 1. The Balaban J connectivity index is 2.12. The second-order valence-electron chi connectivity index (χ2n) is 6.38. The van der Waals surface area contributed by atoms with Crippen molar-refractivity contribution < 1.29 is 4.74 Å². The Labute approximate surface area is 125 Å². The highest BCUT2D eigenvalue weighted by atomic mass is 32.2. The van der Waals surface area contributed by atoms with E-state index in [4.69, 9.17) is 10.6 Å². The zero-order valence-electron chi connectivity index (χ0n) is 12.6. The number of aromatic nitrogens is 2. The minimum atomic E-state index is 0.212. The van der Waals surface area contributed by atoms with E-state index in [2.05, 4.69) is 36.2 Å². The summed E-state index contributed by atoms with van der Waals surface area (Å²) in [6, 6.07) is 1.76. The Morgan fingerprint density at radius 1 is 1.40 bits per heavy atom. The van der Waals surface area contributed by atoms with Crippen molar-refractivity contribution in [3.8, 4) is 5.88 Å². The van der Waals surface area contributed by atoms with Gasteiger partial charge in [-0.15, -0.1) is 0 Å². The lowest BCUT2D eigenvalue weighted by Gasteiger charge is -2.38. The van der Waals surface area contributed by atoms with Crippen molar-refractivity contribution in [2.75, 3.05) is 11.7 Å². The summed E-state index contributed by atoms with van der Waals surface area (Å²) in [5, 5.41) is 0.665. The number of nitrogens with one attached hydrogen (secondary N) is 1. The second-order valence-corrected chi connectivity index (χ2v) is 7.15. The maximum Gasteiger partial charge on any atom is 0.219 e. The van der Waals surface area contributed by atoms with E-state index in [1.165, 1.54) is 18.2 Å². The number of nitrogens with zero attached hydrogens (tertiary/aromatic N) is 2. The molecule has 5 nitrogen and oxygen atoms in total. The Bertz CT molecular complexity index is 444. The summed E-state index contributed by atoms with van der Waals surface area (Å²) in [6.07, 6.45) is 5.53. The molecule has 1 fully saturated rings. The molecule has 1 heterocycles. The first-order valence-electron chi connectivity index (χ1n) is 6.98. The summed E-state index contributed by atoms with van der Waals surface area (Å²) in [5.74, 6) is 7.30. The standard InChI is InChI=1S/C14H24N4OS/c1-9-5-10(8-14(2,3)7-9)19-12-6-11(18-15)16-13(17-12)20-4/h6,9-10H,5,7-8,15H2,1-4H3,(H,16,17,18). The molecule has 0 aromatic carbocycles. The lowest BCUT2D eigenvalue weighted by molar-refractivity contribution is 0.0527. The zero-order chi connectivity index (χ0) is 14.8.